The fraction of sp³-hybridized carbons (Fsp3) is 1.00. The molecule has 0 bridgehead atoms. The molecule has 6 unspecified atom stereocenters. The zero-order valence-electron chi connectivity index (χ0n) is 15.0. The topological polar surface area (TPSA) is 0 Å². The SMILES string of the molecule is CCCC1C(C)CC(C2(C)CCC(C)C2)CC1(C)CC. The summed E-state index contributed by atoms with van der Waals surface area (Å²) in [5.41, 5.74) is 1.26. The van der Waals surface area contributed by atoms with Gasteiger partial charge in [-0.3, -0.25) is 0 Å². The van der Waals surface area contributed by atoms with Crippen molar-refractivity contribution in [3.05, 3.63) is 0 Å². The number of hydrogen-bond acceptors (Lipinski definition) is 0. The Bertz CT molecular complexity index is 320. The minimum Gasteiger partial charge on any atom is -0.0654 e. The van der Waals surface area contributed by atoms with E-state index < -0.39 is 0 Å². The van der Waals surface area contributed by atoms with Crippen molar-refractivity contribution in [2.75, 3.05) is 0 Å². The van der Waals surface area contributed by atoms with E-state index in [9.17, 15) is 0 Å². The van der Waals surface area contributed by atoms with E-state index in [4.69, 9.17) is 0 Å². The summed E-state index contributed by atoms with van der Waals surface area (Å²) in [5, 5.41) is 0. The molecule has 2 saturated carbocycles. The largest absolute Gasteiger partial charge is 0.0654 e. The van der Waals surface area contributed by atoms with Crippen LogP contribution >= 0.6 is 0 Å². The van der Waals surface area contributed by atoms with Crippen LogP contribution in [0.5, 0.6) is 0 Å². The first kappa shape index (κ1) is 16.4. The maximum atomic E-state index is 2.62. The third kappa shape index (κ3) is 2.95. The maximum absolute atomic E-state index is 2.62. The first-order chi connectivity index (χ1) is 9.34. The highest BCUT2D eigenvalue weighted by Gasteiger charge is 2.49. The van der Waals surface area contributed by atoms with Crippen LogP contribution in [0, 0.1) is 34.5 Å². The molecule has 20 heavy (non-hydrogen) atoms. The van der Waals surface area contributed by atoms with Crippen LogP contribution in [0.25, 0.3) is 0 Å². The molecule has 2 aliphatic carbocycles. The van der Waals surface area contributed by atoms with Crippen LogP contribution in [0.3, 0.4) is 0 Å². The second-order valence-corrected chi connectivity index (χ2v) is 9.02. The molecule has 0 amide bonds. The first-order valence-corrected chi connectivity index (χ1v) is 9.34. The second-order valence-electron chi connectivity index (χ2n) is 9.02. The van der Waals surface area contributed by atoms with E-state index in [1.165, 1.54) is 51.4 Å². The van der Waals surface area contributed by atoms with Gasteiger partial charge in [0.2, 0.25) is 0 Å². The van der Waals surface area contributed by atoms with Crippen molar-refractivity contribution in [3.8, 4) is 0 Å². The van der Waals surface area contributed by atoms with Gasteiger partial charge in [0.25, 0.3) is 0 Å². The summed E-state index contributed by atoms with van der Waals surface area (Å²) in [4.78, 5) is 0. The summed E-state index contributed by atoms with van der Waals surface area (Å²) in [5.74, 6) is 3.86. The van der Waals surface area contributed by atoms with Crippen LogP contribution in [0.4, 0.5) is 0 Å². The van der Waals surface area contributed by atoms with E-state index >= 15 is 0 Å². The molecule has 2 rings (SSSR count). The quantitative estimate of drug-likeness (QED) is 0.537. The highest BCUT2D eigenvalue weighted by molar-refractivity contribution is 4.99. The van der Waals surface area contributed by atoms with Crippen LogP contribution in [0.2, 0.25) is 0 Å². The lowest BCUT2D eigenvalue weighted by molar-refractivity contribution is -0.0258. The Hall–Kier alpha value is 0. The molecule has 0 aromatic heterocycles. The van der Waals surface area contributed by atoms with Crippen molar-refractivity contribution < 1.29 is 0 Å². The molecule has 0 aliphatic heterocycles. The van der Waals surface area contributed by atoms with E-state index in [1.54, 1.807) is 0 Å². The Morgan fingerprint density at radius 1 is 1.05 bits per heavy atom. The third-order valence-corrected chi connectivity index (χ3v) is 7.37. The van der Waals surface area contributed by atoms with Crippen molar-refractivity contribution in [2.45, 2.75) is 92.9 Å². The van der Waals surface area contributed by atoms with E-state index in [2.05, 4.69) is 41.5 Å². The van der Waals surface area contributed by atoms with Gasteiger partial charge in [-0.1, -0.05) is 60.8 Å². The van der Waals surface area contributed by atoms with Crippen molar-refractivity contribution in [2.24, 2.45) is 34.5 Å². The standard InChI is InChI=1S/C20H38/c1-7-9-18-16(4)12-17(14-19(18,5)8-2)20(6)11-10-15(3)13-20/h15-18H,7-14H2,1-6H3. The van der Waals surface area contributed by atoms with E-state index in [0.29, 0.717) is 10.8 Å². The molecule has 6 atom stereocenters. The molecule has 0 N–H and O–H groups in total. The van der Waals surface area contributed by atoms with E-state index in [1.807, 2.05) is 0 Å². The van der Waals surface area contributed by atoms with Gasteiger partial charge in [-0.05, 0) is 66.6 Å². The Kier molecular flexibility index (Phi) is 4.92. The van der Waals surface area contributed by atoms with Crippen molar-refractivity contribution in [3.63, 3.8) is 0 Å². The van der Waals surface area contributed by atoms with Gasteiger partial charge < -0.3 is 0 Å². The summed E-state index contributed by atoms with van der Waals surface area (Å²) < 4.78 is 0. The maximum Gasteiger partial charge on any atom is -0.0295 e. The Morgan fingerprint density at radius 3 is 2.25 bits per heavy atom. The van der Waals surface area contributed by atoms with Gasteiger partial charge in [0.05, 0.1) is 0 Å². The Balaban J connectivity index is 2.16. The Labute approximate surface area is 128 Å². The van der Waals surface area contributed by atoms with E-state index in [-0.39, 0.29) is 0 Å². The Morgan fingerprint density at radius 2 is 1.75 bits per heavy atom. The fourth-order valence-corrected chi connectivity index (χ4v) is 5.93. The van der Waals surface area contributed by atoms with Crippen LogP contribution in [-0.4, -0.2) is 0 Å². The average molecular weight is 279 g/mol. The molecule has 0 aromatic rings. The van der Waals surface area contributed by atoms with E-state index in [0.717, 1.165) is 23.7 Å². The van der Waals surface area contributed by atoms with Gasteiger partial charge in [-0.25, -0.2) is 0 Å². The molecule has 118 valence electrons. The van der Waals surface area contributed by atoms with Crippen LogP contribution < -0.4 is 0 Å². The van der Waals surface area contributed by atoms with Gasteiger partial charge in [-0.15, -0.1) is 0 Å². The third-order valence-electron chi connectivity index (χ3n) is 7.37. The predicted octanol–water partition coefficient (Wildman–Crippen LogP) is 6.69. The number of hydrogen-bond donors (Lipinski definition) is 0. The van der Waals surface area contributed by atoms with Crippen LogP contribution in [-0.2, 0) is 0 Å². The van der Waals surface area contributed by atoms with Gasteiger partial charge >= 0.3 is 0 Å². The monoisotopic (exact) mass is 278 g/mol. The minimum absolute atomic E-state index is 0.604. The summed E-state index contributed by atoms with van der Waals surface area (Å²) in [6.07, 6.45) is 11.7. The molecular formula is C20H38. The first-order valence-electron chi connectivity index (χ1n) is 9.34. The van der Waals surface area contributed by atoms with Crippen LogP contribution in [0.15, 0.2) is 0 Å². The summed E-state index contributed by atoms with van der Waals surface area (Å²) in [7, 11) is 0. The summed E-state index contributed by atoms with van der Waals surface area (Å²) in [6.45, 7) is 15.1. The molecule has 0 nitrogen and oxygen atoms in total. The second kappa shape index (κ2) is 6.01. The molecule has 2 fully saturated rings. The van der Waals surface area contributed by atoms with Gasteiger partial charge in [0.15, 0.2) is 0 Å². The lowest BCUT2D eigenvalue weighted by Crippen LogP contribution is -2.43. The van der Waals surface area contributed by atoms with Crippen molar-refractivity contribution in [1.82, 2.24) is 0 Å². The van der Waals surface area contributed by atoms with Crippen LogP contribution in [0.1, 0.15) is 92.9 Å². The minimum atomic E-state index is 0.604. The highest BCUT2D eigenvalue weighted by atomic mass is 14.5. The van der Waals surface area contributed by atoms with Gasteiger partial charge in [0.1, 0.15) is 0 Å². The lowest BCUT2D eigenvalue weighted by Gasteiger charge is -2.52. The zero-order valence-corrected chi connectivity index (χ0v) is 15.0. The smallest absolute Gasteiger partial charge is 0.0295 e. The normalized spacial score (nSPS) is 49.5. The summed E-state index contributed by atoms with van der Waals surface area (Å²) in [6, 6.07) is 0. The van der Waals surface area contributed by atoms with Gasteiger partial charge in [-0.2, -0.15) is 0 Å². The fourth-order valence-electron chi connectivity index (χ4n) is 5.93. The molecule has 0 radical (unpaired) electrons. The molecule has 0 heterocycles. The van der Waals surface area contributed by atoms with Gasteiger partial charge in [0, 0.05) is 0 Å². The molecular weight excluding hydrogens is 240 g/mol. The molecule has 2 aliphatic rings. The molecule has 0 saturated heterocycles. The number of rotatable bonds is 4. The van der Waals surface area contributed by atoms with Crippen molar-refractivity contribution >= 4 is 0 Å². The molecule has 0 heteroatoms. The van der Waals surface area contributed by atoms with Crippen molar-refractivity contribution in [1.29, 1.82) is 0 Å². The highest BCUT2D eigenvalue weighted by Crippen LogP contribution is 2.59. The zero-order chi connectivity index (χ0) is 15.0. The summed E-state index contributed by atoms with van der Waals surface area (Å²) >= 11 is 0. The average Bonchev–Trinajstić information content (AvgIpc) is 2.75. The molecule has 0 aromatic carbocycles. The molecule has 0 spiro atoms. The predicted molar refractivity (Wildman–Crippen MR) is 89.8 cm³/mol. The lowest BCUT2D eigenvalue weighted by atomic mass is 9.53.